The van der Waals surface area contributed by atoms with Gasteiger partial charge in [-0.15, -0.1) is 0 Å². The first-order valence-electron chi connectivity index (χ1n) is 27.4. The van der Waals surface area contributed by atoms with Gasteiger partial charge in [0.2, 0.25) is 0 Å². The van der Waals surface area contributed by atoms with E-state index < -0.39 is 22.4 Å². The number of rotatable bonds is 15. The van der Waals surface area contributed by atoms with Crippen molar-refractivity contribution in [2.24, 2.45) is 0 Å². The molecule has 6 aromatic carbocycles. The molecule has 422 valence electrons. The summed E-state index contributed by atoms with van der Waals surface area (Å²) >= 11 is 10.4. The summed E-state index contributed by atoms with van der Waals surface area (Å²) in [6.07, 6.45) is 2.95. The highest BCUT2D eigenvalue weighted by Gasteiger charge is 2.53. The summed E-state index contributed by atoms with van der Waals surface area (Å²) in [6.45, 7) is 20.3. The maximum atomic E-state index is 13.0. The van der Waals surface area contributed by atoms with Gasteiger partial charge in [-0.25, -0.2) is 14.4 Å². The minimum Gasteiger partial charge on any atom is -0.438 e. The Kier molecular flexibility index (Phi) is 19.3. The van der Waals surface area contributed by atoms with Crippen molar-refractivity contribution in [2.75, 3.05) is 26.2 Å². The number of hydrogen-bond donors (Lipinski definition) is 1. The predicted molar refractivity (Wildman–Crippen MR) is 325 cm³/mol. The van der Waals surface area contributed by atoms with E-state index in [9.17, 15) is 19.5 Å². The zero-order valence-corrected chi connectivity index (χ0v) is 51.6. The molecule has 80 heavy (non-hydrogen) atoms. The van der Waals surface area contributed by atoms with E-state index in [4.69, 9.17) is 18.9 Å². The van der Waals surface area contributed by atoms with Gasteiger partial charge in [-0.3, -0.25) is 0 Å². The standard InChI is InChI=1S/C22H24BrNO3.C22H26BrNO3.C22H24BrNO2/c1-16(17-8-10-19(23)11-9-17)24-13-12-22(27-20(24)25,14-21(2)15-26-21)18-6-4-3-5-7-18;1-16(17-9-11-19(23)12-10-17)24-14-13-22(27-20(24)25,15-21(2,3)26)18-7-5-4-6-8-18;1-16(2)15-22(19-7-5-4-6-8-19)13-14-24(21(25)26-22)17(3)18-9-11-20(23)12-10-18/h3-11,16H,12-15H2,1-2H3;4-12,16,26H,13-15H2,1-3H3;4-12,17H,1,13-15H2,2-3H3/t16-,21?,22-;16-,22-;17-,22-/m000/s1. The number of aliphatic hydroxyl groups is 1. The van der Waals surface area contributed by atoms with Crippen LogP contribution < -0.4 is 0 Å². The minimum absolute atomic E-state index is 0.0331. The molecular weight excluding hydrogens is 1200 g/mol. The zero-order chi connectivity index (χ0) is 57.5. The van der Waals surface area contributed by atoms with Crippen molar-refractivity contribution < 1.29 is 38.4 Å². The maximum Gasteiger partial charge on any atom is 0.411 e. The Morgan fingerprint density at radius 2 is 0.838 bits per heavy atom. The zero-order valence-electron chi connectivity index (χ0n) is 46.9. The number of amides is 3. The molecule has 4 aliphatic heterocycles. The molecule has 0 aliphatic carbocycles. The van der Waals surface area contributed by atoms with Crippen LogP contribution in [0.5, 0.6) is 0 Å². The Balaban J connectivity index is 0.000000158. The predicted octanol–water partition coefficient (Wildman–Crippen LogP) is 17.0. The number of nitrogens with zero attached hydrogens (tertiary/aromatic N) is 3. The third kappa shape index (κ3) is 14.8. The molecule has 7 atom stereocenters. The van der Waals surface area contributed by atoms with Crippen molar-refractivity contribution >= 4 is 66.1 Å². The first kappa shape index (κ1) is 60.3. The number of epoxide rings is 1. The Labute approximate surface area is 498 Å². The largest absolute Gasteiger partial charge is 0.438 e. The number of hydrogen-bond acceptors (Lipinski definition) is 8. The van der Waals surface area contributed by atoms with Gasteiger partial charge in [-0.05, 0) is 118 Å². The van der Waals surface area contributed by atoms with E-state index in [1.807, 2.05) is 201 Å². The average molecular weight is 1280 g/mol. The van der Waals surface area contributed by atoms with Crippen molar-refractivity contribution in [1.82, 2.24) is 14.7 Å². The molecule has 1 unspecified atom stereocenters. The number of carbonyl (C=O) groups is 3. The topological polar surface area (TPSA) is 121 Å². The molecule has 11 nitrogen and oxygen atoms in total. The summed E-state index contributed by atoms with van der Waals surface area (Å²) in [5.41, 5.74) is 4.06. The van der Waals surface area contributed by atoms with Gasteiger partial charge in [0.1, 0.15) is 16.8 Å². The van der Waals surface area contributed by atoms with Crippen molar-refractivity contribution in [2.45, 2.75) is 133 Å². The van der Waals surface area contributed by atoms with Gasteiger partial charge >= 0.3 is 18.3 Å². The maximum absolute atomic E-state index is 13.0. The molecule has 10 rings (SSSR count). The average Bonchev–Trinajstić information content (AvgIpc) is 4.16. The highest BCUT2D eigenvalue weighted by molar-refractivity contribution is 9.11. The summed E-state index contributed by atoms with van der Waals surface area (Å²) in [6, 6.07) is 53.8. The van der Waals surface area contributed by atoms with E-state index >= 15 is 0 Å². The quantitative estimate of drug-likeness (QED) is 0.0613. The normalized spacial score (nSPS) is 23.8. The molecule has 4 saturated heterocycles. The number of carbonyl (C=O) groups excluding carboxylic acids is 3. The molecule has 0 bridgehead atoms. The number of cyclic esters (lactones) is 3. The fourth-order valence-electron chi connectivity index (χ4n) is 11.4. The molecular formula is C66H74Br3N3O8. The lowest BCUT2D eigenvalue weighted by molar-refractivity contribution is -0.101. The van der Waals surface area contributed by atoms with E-state index in [2.05, 4.69) is 61.3 Å². The van der Waals surface area contributed by atoms with Crippen LogP contribution in [0.2, 0.25) is 0 Å². The fourth-order valence-corrected chi connectivity index (χ4v) is 12.2. The number of ether oxygens (including phenoxy) is 4. The van der Waals surface area contributed by atoms with E-state index in [1.165, 1.54) is 0 Å². The van der Waals surface area contributed by atoms with Gasteiger partial charge in [0.05, 0.1) is 35.9 Å². The Hall–Kier alpha value is -5.77. The summed E-state index contributed by atoms with van der Waals surface area (Å²) in [5, 5.41) is 10.5. The van der Waals surface area contributed by atoms with Gasteiger partial charge < -0.3 is 38.8 Å². The first-order chi connectivity index (χ1) is 38.0. The highest BCUT2D eigenvalue weighted by Crippen LogP contribution is 2.48. The van der Waals surface area contributed by atoms with Crippen LogP contribution in [0.1, 0.15) is 138 Å². The fraction of sp³-hybridized carbons (Fsp3) is 0.379. The lowest BCUT2D eigenvalue weighted by atomic mass is 9.80. The van der Waals surface area contributed by atoms with Gasteiger partial charge in [-0.2, -0.15) is 0 Å². The lowest BCUT2D eigenvalue weighted by Gasteiger charge is -2.45. The third-order valence-electron chi connectivity index (χ3n) is 15.8. The van der Waals surface area contributed by atoms with Crippen LogP contribution in [0.3, 0.4) is 0 Å². The first-order valence-corrected chi connectivity index (χ1v) is 29.8. The Morgan fingerprint density at radius 3 is 1.16 bits per heavy atom. The molecule has 6 aromatic rings. The van der Waals surface area contributed by atoms with Crippen LogP contribution in [-0.4, -0.2) is 75.5 Å². The lowest BCUT2D eigenvalue weighted by Crippen LogP contribution is -2.51. The molecule has 1 N–H and O–H groups in total. The molecule has 14 heteroatoms. The molecule has 3 amide bonds. The van der Waals surface area contributed by atoms with Crippen LogP contribution in [0, 0.1) is 0 Å². The molecule has 4 fully saturated rings. The van der Waals surface area contributed by atoms with E-state index in [1.54, 1.807) is 18.7 Å². The van der Waals surface area contributed by atoms with Crippen LogP contribution in [0.15, 0.2) is 189 Å². The Morgan fingerprint density at radius 1 is 0.537 bits per heavy atom. The SMILES string of the molecule is C=C(C)C[C@]1(c2ccccc2)CCN([C@@H](C)c2ccc(Br)cc2)C(=O)O1.C[C@@H](c1ccc(Br)cc1)N1CC[C@](CC(C)(C)O)(c2ccccc2)OC1=O.C[C@@H](c1ccc(Br)cc1)N1CC[C@](CC2(C)CO2)(c2ccccc2)OC1=O. The smallest absolute Gasteiger partial charge is 0.411 e. The summed E-state index contributed by atoms with van der Waals surface area (Å²) in [7, 11) is 0. The molecule has 0 aromatic heterocycles. The summed E-state index contributed by atoms with van der Waals surface area (Å²) < 4.78 is 26.9. The second-order valence-corrected chi connectivity index (χ2v) is 25.5. The molecule has 4 heterocycles. The van der Waals surface area contributed by atoms with Crippen LogP contribution in [-0.2, 0) is 35.8 Å². The third-order valence-corrected chi connectivity index (χ3v) is 17.4. The Bertz CT molecular complexity index is 2920. The molecule has 0 spiro atoms. The molecule has 0 saturated carbocycles. The van der Waals surface area contributed by atoms with Gasteiger partial charge in [-0.1, -0.05) is 187 Å². The molecule has 0 radical (unpaired) electrons. The van der Waals surface area contributed by atoms with Crippen LogP contribution in [0.4, 0.5) is 14.4 Å². The van der Waals surface area contributed by atoms with Crippen LogP contribution in [0.25, 0.3) is 0 Å². The van der Waals surface area contributed by atoms with E-state index in [0.717, 1.165) is 71.8 Å². The van der Waals surface area contributed by atoms with Gasteiger partial charge in [0.25, 0.3) is 0 Å². The minimum atomic E-state index is -0.949. The van der Waals surface area contributed by atoms with Crippen LogP contribution >= 0.6 is 47.8 Å². The highest BCUT2D eigenvalue weighted by atomic mass is 79.9. The van der Waals surface area contributed by atoms with Gasteiger partial charge in [0, 0.05) is 71.6 Å². The van der Waals surface area contributed by atoms with Crippen molar-refractivity contribution in [3.05, 3.63) is 223 Å². The monoisotopic (exact) mass is 1270 g/mol. The number of benzene rings is 6. The summed E-state index contributed by atoms with van der Waals surface area (Å²) in [4.78, 5) is 44.3. The number of halogens is 3. The van der Waals surface area contributed by atoms with Crippen molar-refractivity contribution in [3.8, 4) is 0 Å². The van der Waals surface area contributed by atoms with Crippen molar-refractivity contribution in [3.63, 3.8) is 0 Å². The summed E-state index contributed by atoms with van der Waals surface area (Å²) in [5.74, 6) is 0. The van der Waals surface area contributed by atoms with Crippen molar-refractivity contribution in [1.29, 1.82) is 0 Å². The van der Waals surface area contributed by atoms with E-state index in [0.29, 0.717) is 45.3 Å². The molecule has 4 aliphatic rings. The second kappa shape index (κ2) is 25.6. The second-order valence-electron chi connectivity index (χ2n) is 22.7. The van der Waals surface area contributed by atoms with Gasteiger partial charge in [0.15, 0.2) is 0 Å². The van der Waals surface area contributed by atoms with E-state index in [-0.39, 0.29) is 42.0 Å².